The predicted molar refractivity (Wildman–Crippen MR) is 69.6 cm³/mol. The predicted octanol–water partition coefficient (Wildman–Crippen LogP) is 1.82. The van der Waals surface area contributed by atoms with Crippen LogP contribution in [0.5, 0.6) is 0 Å². The molecule has 7 nitrogen and oxygen atoms in total. The van der Waals surface area contributed by atoms with Crippen LogP contribution in [0.4, 0.5) is 11.5 Å². The van der Waals surface area contributed by atoms with Crippen molar-refractivity contribution in [3.05, 3.63) is 27.9 Å². The van der Waals surface area contributed by atoms with Crippen molar-refractivity contribution in [2.24, 2.45) is 0 Å². The molecule has 1 heterocycles. The zero-order chi connectivity index (χ0) is 14.5. The number of aliphatic hydroxyl groups excluding tert-OH is 1. The molecule has 0 aliphatic carbocycles. The molecule has 0 aliphatic rings. The van der Waals surface area contributed by atoms with Gasteiger partial charge in [0.2, 0.25) is 5.82 Å². The summed E-state index contributed by atoms with van der Waals surface area (Å²) < 4.78 is 0. The summed E-state index contributed by atoms with van der Waals surface area (Å²) in [5.74, 6) is 0.0156. The molecule has 0 aromatic carbocycles. The fraction of sp³-hybridized carbons (Fsp3) is 0.500. The Bertz CT molecular complexity index is 498. The monoisotopic (exact) mass is 264 g/mol. The van der Waals surface area contributed by atoms with Crippen LogP contribution in [0, 0.1) is 21.4 Å². The summed E-state index contributed by atoms with van der Waals surface area (Å²) in [4.78, 5) is 14.3. The van der Waals surface area contributed by atoms with Crippen molar-refractivity contribution in [3.63, 3.8) is 0 Å². The molecule has 1 aromatic rings. The summed E-state index contributed by atoms with van der Waals surface area (Å²) in [6.45, 7) is 3.56. The van der Waals surface area contributed by atoms with E-state index < -0.39 is 10.5 Å². The molecule has 0 spiro atoms. The van der Waals surface area contributed by atoms with Gasteiger partial charge in [0.25, 0.3) is 0 Å². The summed E-state index contributed by atoms with van der Waals surface area (Å²) in [5, 5.41) is 32.3. The molecule has 2 N–H and O–H groups in total. The maximum Gasteiger partial charge on any atom is 0.328 e. The molecule has 0 bridgehead atoms. The molecule has 0 radical (unpaired) electrons. The van der Waals surface area contributed by atoms with E-state index in [1.54, 1.807) is 6.07 Å². The van der Waals surface area contributed by atoms with Crippen molar-refractivity contribution in [1.29, 1.82) is 5.26 Å². The van der Waals surface area contributed by atoms with Crippen LogP contribution in [0.1, 0.15) is 32.3 Å². The number of rotatable bonds is 6. The second-order valence-electron chi connectivity index (χ2n) is 4.20. The number of nitrogens with zero attached hydrogens (tertiary/aromatic N) is 3. The van der Waals surface area contributed by atoms with Crippen LogP contribution in [-0.4, -0.2) is 27.2 Å². The van der Waals surface area contributed by atoms with Gasteiger partial charge in [0.15, 0.2) is 0 Å². The van der Waals surface area contributed by atoms with E-state index in [4.69, 9.17) is 5.26 Å². The molecule has 19 heavy (non-hydrogen) atoms. The first-order valence-electron chi connectivity index (χ1n) is 5.96. The minimum atomic E-state index is -0.675. The van der Waals surface area contributed by atoms with Crippen LogP contribution in [0.15, 0.2) is 12.3 Å². The topological polar surface area (TPSA) is 112 Å². The average Bonchev–Trinajstić information content (AvgIpc) is 2.44. The lowest BCUT2D eigenvalue weighted by Gasteiger charge is -2.31. The van der Waals surface area contributed by atoms with Gasteiger partial charge in [-0.3, -0.25) is 10.1 Å². The summed E-state index contributed by atoms with van der Waals surface area (Å²) >= 11 is 0. The maximum atomic E-state index is 11.1. The third-order valence-corrected chi connectivity index (χ3v) is 3.27. The Hall–Kier alpha value is -2.20. The van der Waals surface area contributed by atoms with E-state index in [9.17, 15) is 15.2 Å². The van der Waals surface area contributed by atoms with Crippen LogP contribution in [0.25, 0.3) is 0 Å². The van der Waals surface area contributed by atoms with Gasteiger partial charge >= 0.3 is 5.69 Å². The van der Waals surface area contributed by atoms with E-state index in [2.05, 4.69) is 10.3 Å². The highest BCUT2D eigenvalue weighted by Crippen LogP contribution is 2.30. The number of anilines is 1. The lowest BCUT2D eigenvalue weighted by molar-refractivity contribution is -0.384. The smallest absolute Gasteiger partial charge is 0.328 e. The van der Waals surface area contributed by atoms with Crippen LogP contribution in [-0.2, 0) is 0 Å². The average molecular weight is 264 g/mol. The van der Waals surface area contributed by atoms with Crippen LogP contribution in [0.3, 0.4) is 0 Å². The molecular formula is C12H16N4O3. The number of nitro groups is 1. The van der Waals surface area contributed by atoms with Crippen LogP contribution >= 0.6 is 0 Å². The van der Waals surface area contributed by atoms with Crippen molar-refractivity contribution >= 4 is 11.5 Å². The van der Waals surface area contributed by atoms with Crippen molar-refractivity contribution in [1.82, 2.24) is 4.98 Å². The molecule has 0 amide bonds. The lowest BCUT2D eigenvalue weighted by Crippen LogP contribution is -2.41. The minimum Gasteiger partial charge on any atom is -0.394 e. The van der Waals surface area contributed by atoms with Crippen molar-refractivity contribution in [2.75, 3.05) is 11.9 Å². The van der Waals surface area contributed by atoms with Gasteiger partial charge in [-0.15, -0.1) is 0 Å². The SMILES string of the molecule is CCC(CC)(CO)Nc1nccc(C#N)c1[N+](=O)[O-]. The highest BCUT2D eigenvalue weighted by Gasteiger charge is 2.30. The highest BCUT2D eigenvalue weighted by atomic mass is 16.6. The molecular weight excluding hydrogens is 248 g/mol. The first kappa shape index (κ1) is 14.9. The molecule has 7 heteroatoms. The summed E-state index contributed by atoms with van der Waals surface area (Å²) in [6.07, 6.45) is 2.49. The third-order valence-electron chi connectivity index (χ3n) is 3.27. The fourth-order valence-electron chi connectivity index (χ4n) is 1.76. The number of hydrogen-bond acceptors (Lipinski definition) is 6. The molecule has 1 aromatic heterocycles. The minimum absolute atomic E-state index is 0.0156. The number of aromatic nitrogens is 1. The Balaban J connectivity index is 3.28. The molecule has 0 fully saturated rings. The maximum absolute atomic E-state index is 11.1. The van der Waals surface area contributed by atoms with E-state index in [0.29, 0.717) is 12.8 Å². The Morgan fingerprint density at radius 3 is 2.63 bits per heavy atom. The molecule has 0 atom stereocenters. The lowest BCUT2D eigenvalue weighted by atomic mass is 9.94. The molecule has 102 valence electrons. The zero-order valence-corrected chi connectivity index (χ0v) is 10.9. The first-order chi connectivity index (χ1) is 9.03. The zero-order valence-electron chi connectivity index (χ0n) is 10.9. The number of nitrogens with one attached hydrogen (secondary N) is 1. The Morgan fingerprint density at radius 2 is 2.21 bits per heavy atom. The van der Waals surface area contributed by atoms with E-state index >= 15 is 0 Å². The fourth-order valence-corrected chi connectivity index (χ4v) is 1.76. The van der Waals surface area contributed by atoms with Gasteiger partial charge in [0.05, 0.1) is 17.1 Å². The standard InChI is InChI=1S/C12H16N4O3/c1-3-12(4-2,8-17)15-11-10(16(18)19)9(7-13)5-6-14-11/h5-6,17H,3-4,8H2,1-2H3,(H,14,15). The quantitative estimate of drug-likeness (QED) is 0.598. The number of aliphatic hydroxyl groups is 1. The van der Waals surface area contributed by atoms with Gasteiger partial charge < -0.3 is 10.4 Å². The Kier molecular flexibility index (Phi) is 4.78. The Labute approximate surface area is 111 Å². The molecule has 0 saturated carbocycles. The first-order valence-corrected chi connectivity index (χ1v) is 5.96. The Morgan fingerprint density at radius 1 is 1.58 bits per heavy atom. The molecule has 0 aliphatic heterocycles. The molecule has 1 rings (SSSR count). The van der Waals surface area contributed by atoms with E-state index in [1.165, 1.54) is 12.3 Å². The van der Waals surface area contributed by atoms with Crippen molar-refractivity contribution in [3.8, 4) is 6.07 Å². The van der Waals surface area contributed by atoms with Gasteiger partial charge in [-0.05, 0) is 18.9 Å². The largest absolute Gasteiger partial charge is 0.394 e. The van der Waals surface area contributed by atoms with E-state index in [1.807, 2.05) is 13.8 Å². The highest BCUT2D eigenvalue weighted by molar-refractivity contribution is 5.64. The summed E-state index contributed by atoms with van der Waals surface area (Å²) in [7, 11) is 0. The second kappa shape index (κ2) is 6.11. The molecule has 0 unspecified atom stereocenters. The molecule has 0 saturated heterocycles. The normalized spacial score (nSPS) is 10.8. The number of nitriles is 1. The van der Waals surface area contributed by atoms with Crippen LogP contribution < -0.4 is 5.32 Å². The number of pyridine rings is 1. The third kappa shape index (κ3) is 2.98. The van der Waals surface area contributed by atoms with Gasteiger partial charge in [-0.25, -0.2) is 4.98 Å². The van der Waals surface area contributed by atoms with Crippen LogP contribution in [0.2, 0.25) is 0 Å². The second-order valence-corrected chi connectivity index (χ2v) is 4.20. The van der Waals surface area contributed by atoms with E-state index in [-0.39, 0.29) is 23.7 Å². The van der Waals surface area contributed by atoms with E-state index in [0.717, 1.165) is 0 Å². The summed E-state index contributed by atoms with van der Waals surface area (Å²) in [6, 6.07) is 3.07. The van der Waals surface area contributed by atoms with Crippen molar-refractivity contribution < 1.29 is 10.0 Å². The van der Waals surface area contributed by atoms with Gasteiger partial charge in [-0.1, -0.05) is 13.8 Å². The van der Waals surface area contributed by atoms with Gasteiger partial charge in [-0.2, -0.15) is 5.26 Å². The van der Waals surface area contributed by atoms with Crippen molar-refractivity contribution in [2.45, 2.75) is 32.2 Å². The van der Waals surface area contributed by atoms with Gasteiger partial charge in [0.1, 0.15) is 11.6 Å². The summed E-state index contributed by atoms with van der Waals surface area (Å²) in [5.41, 5.74) is -1.09. The number of hydrogen-bond donors (Lipinski definition) is 2. The van der Waals surface area contributed by atoms with Gasteiger partial charge in [0, 0.05) is 6.20 Å².